The molecule has 1 aliphatic heterocycles. The van der Waals surface area contributed by atoms with E-state index in [1.165, 1.54) is 18.7 Å². The van der Waals surface area contributed by atoms with Crippen LogP contribution in [0, 0.1) is 0 Å². The lowest BCUT2D eigenvalue weighted by Crippen LogP contribution is -2.55. The second-order valence-corrected chi connectivity index (χ2v) is 9.91. The van der Waals surface area contributed by atoms with Gasteiger partial charge >= 0.3 is 24.6 Å². The number of rotatable bonds is 6. The summed E-state index contributed by atoms with van der Waals surface area (Å²) in [5, 5.41) is 0. The van der Waals surface area contributed by atoms with E-state index in [4.69, 9.17) is 9.47 Å². The number of carbonyl (C=O) groups is 2. The fraction of sp³-hybridized carbons (Fsp3) is 0.462. The summed E-state index contributed by atoms with van der Waals surface area (Å²) in [5.74, 6) is 0. The molecule has 0 aliphatic carbocycles. The maximum atomic E-state index is 13.7. The van der Waals surface area contributed by atoms with Gasteiger partial charge < -0.3 is 14.4 Å². The van der Waals surface area contributed by atoms with Crippen molar-refractivity contribution in [1.29, 1.82) is 0 Å². The quantitative estimate of drug-likeness (QED) is 0.253. The second kappa shape index (κ2) is 11.0. The van der Waals surface area contributed by atoms with Crippen molar-refractivity contribution in [3.8, 4) is 0 Å². The van der Waals surface area contributed by atoms with Gasteiger partial charge in [-0.25, -0.2) is 4.79 Å². The highest BCUT2D eigenvalue weighted by atomic mass is 19.4. The molecule has 0 spiro atoms. The minimum absolute atomic E-state index is 0.0768. The highest BCUT2D eigenvalue weighted by Gasteiger charge is 2.44. The van der Waals surface area contributed by atoms with Crippen LogP contribution in [0.1, 0.15) is 61.1 Å². The summed E-state index contributed by atoms with van der Waals surface area (Å²) in [6, 6.07) is 1.43. The van der Waals surface area contributed by atoms with Crippen molar-refractivity contribution in [3.63, 3.8) is 0 Å². The highest BCUT2D eigenvalue weighted by molar-refractivity contribution is 5.70. The molecule has 0 N–H and O–H groups in total. The van der Waals surface area contributed by atoms with Crippen LogP contribution in [0.4, 0.5) is 50.0 Å². The Bertz CT molecular complexity index is 1260. The number of ether oxygens (including phenoxy) is 2. The molecule has 1 heterocycles. The van der Waals surface area contributed by atoms with E-state index in [-0.39, 0.29) is 30.2 Å². The minimum atomic E-state index is -5.16. The van der Waals surface area contributed by atoms with Gasteiger partial charge in [-0.1, -0.05) is 0 Å². The first-order valence-electron chi connectivity index (χ1n) is 12.0. The van der Waals surface area contributed by atoms with E-state index in [1.54, 1.807) is 6.92 Å². The zero-order valence-electron chi connectivity index (χ0n) is 22.0. The fourth-order valence-corrected chi connectivity index (χ4v) is 5.03. The summed E-state index contributed by atoms with van der Waals surface area (Å²) < 4.78 is 132. The molecule has 0 bridgehead atoms. The van der Waals surface area contributed by atoms with Crippen molar-refractivity contribution in [2.75, 3.05) is 12.0 Å². The Balaban J connectivity index is 2.23. The van der Waals surface area contributed by atoms with Crippen LogP contribution in [0.5, 0.6) is 0 Å². The number of hydrogen-bond acceptors (Lipinski definition) is 5. The Kier molecular flexibility index (Phi) is 8.53. The number of alkyl halides is 9. The molecule has 1 aliphatic rings. The van der Waals surface area contributed by atoms with Crippen LogP contribution in [0.3, 0.4) is 0 Å². The molecule has 226 valence electrons. The lowest BCUT2D eigenvalue weighted by molar-refractivity contribution is -0.143. The molecular weight excluding hydrogens is 575 g/mol. The molecule has 2 aromatic rings. The average Bonchev–Trinajstić information content (AvgIpc) is 2.84. The smallest absolute Gasteiger partial charge is 0.416 e. The van der Waals surface area contributed by atoms with Crippen LogP contribution in [0.15, 0.2) is 36.4 Å². The third kappa shape index (κ3) is 6.81. The van der Waals surface area contributed by atoms with E-state index in [2.05, 4.69) is 0 Å². The number of fused-ring (bicyclic) bond motifs is 1. The first kappa shape index (κ1) is 31.9. The summed E-state index contributed by atoms with van der Waals surface area (Å²) in [5.41, 5.74) is -6.36. The SMILES string of the molecule is COC(=O)N(Cc1cc(C(F)(F)F)cc(C(F)(F)F)c1)C1CC(C)N(C(C)(C)OC=O)c2ccc(C(F)(F)F)cc21. The third-order valence-electron chi connectivity index (χ3n) is 6.68. The van der Waals surface area contributed by atoms with Gasteiger partial charge in [0.1, 0.15) is 0 Å². The number of amides is 1. The minimum Gasteiger partial charge on any atom is -0.453 e. The molecule has 0 fully saturated rings. The molecule has 0 aromatic heterocycles. The Morgan fingerprint density at radius 3 is 1.93 bits per heavy atom. The molecular formula is C26H25F9N2O4. The molecule has 0 radical (unpaired) electrons. The molecule has 41 heavy (non-hydrogen) atoms. The molecule has 15 heteroatoms. The van der Waals surface area contributed by atoms with Crippen LogP contribution >= 0.6 is 0 Å². The number of methoxy groups -OCH3 is 1. The molecule has 2 atom stereocenters. The number of halogens is 9. The van der Waals surface area contributed by atoms with Gasteiger partial charge in [-0.05, 0) is 74.7 Å². The van der Waals surface area contributed by atoms with Crippen molar-refractivity contribution in [3.05, 3.63) is 64.2 Å². The normalized spacial score (nSPS) is 18.0. The van der Waals surface area contributed by atoms with Gasteiger partial charge in [-0.3, -0.25) is 9.69 Å². The summed E-state index contributed by atoms with van der Waals surface area (Å²) in [4.78, 5) is 26.3. The summed E-state index contributed by atoms with van der Waals surface area (Å²) >= 11 is 0. The number of carbonyl (C=O) groups excluding carboxylic acids is 2. The van der Waals surface area contributed by atoms with Gasteiger partial charge in [0, 0.05) is 18.3 Å². The number of anilines is 1. The molecule has 3 rings (SSSR count). The summed E-state index contributed by atoms with van der Waals surface area (Å²) in [7, 11) is 0.912. The lowest BCUT2D eigenvalue weighted by atomic mass is 9.87. The lowest BCUT2D eigenvalue weighted by Gasteiger charge is -2.49. The molecule has 0 saturated carbocycles. The first-order chi connectivity index (χ1) is 18.7. The van der Waals surface area contributed by atoms with Gasteiger partial charge in [-0.15, -0.1) is 0 Å². The zero-order chi connectivity index (χ0) is 31.1. The highest BCUT2D eigenvalue weighted by Crippen LogP contribution is 2.47. The predicted molar refractivity (Wildman–Crippen MR) is 126 cm³/mol. The molecule has 6 nitrogen and oxygen atoms in total. The third-order valence-corrected chi connectivity index (χ3v) is 6.68. The number of benzene rings is 2. The van der Waals surface area contributed by atoms with Crippen LogP contribution in [0.25, 0.3) is 0 Å². The van der Waals surface area contributed by atoms with E-state index in [1.807, 2.05) is 0 Å². The zero-order valence-corrected chi connectivity index (χ0v) is 22.0. The Morgan fingerprint density at radius 1 is 0.927 bits per heavy atom. The number of hydrogen-bond donors (Lipinski definition) is 0. The van der Waals surface area contributed by atoms with E-state index >= 15 is 0 Å². The molecule has 0 saturated heterocycles. The first-order valence-corrected chi connectivity index (χ1v) is 12.0. The Hall–Kier alpha value is -3.65. The van der Waals surface area contributed by atoms with Crippen LogP contribution in [-0.4, -0.2) is 36.3 Å². The molecule has 2 aromatic carbocycles. The Labute approximate surface area is 228 Å². The summed E-state index contributed by atoms with van der Waals surface area (Å²) in [6.45, 7) is 3.83. The Morgan fingerprint density at radius 2 is 1.46 bits per heavy atom. The fourth-order valence-electron chi connectivity index (χ4n) is 5.03. The second-order valence-electron chi connectivity index (χ2n) is 9.91. The predicted octanol–water partition coefficient (Wildman–Crippen LogP) is 7.56. The van der Waals surface area contributed by atoms with Gasteiger partial charge in [0.2, 0.25) is 0 Å². The van der Waals surface area contributed by atoms with E-state index in [0.29, 0.717) is 12.1 Å². The van der Waals surface area contributed by atoms with Crippen LogP contribution in [-0.2, 0) is 39.3 Å². The average molecular weight is 600 g/mol. The number of nitrogens with zero attached hydrogens (tertiary/aromatic N) is 2. The van der Waals surface area contributed by atoms with Crippen molar-refractivity contribution >= 4 is 18.3 Å². The van der Waals surface area contributed by atoms with Crippen molar-refractivity contribution in [2.45, 2.75) is 70.1 Å². The van der Waals surface area contributed by atoms with Gasteiger partial charge in [-0.2, -0.15) is 39.5 Å². The maximum Gasteiger partial charge on any atom is 0.416 e. The van der Waals surface area contributed by atoms with Crippen molar-refractivity contribution in [2.24, 2.45) is 0 Å². The maximum absolute atomic E-state index is 13.7. The standard InChI is InChI=1S/C26H25F9N2O4/c1-14-7-21(19-11-16(24(27,28)29)5-6-20(19)37(14)23(2,3)41-13-38)36(22(39)40-4)12-15-8-17(25(30,31)32)10-18(9-15)26(33,34)35/h5-6,8-11,13-14,21H,7,12H2,1-4H3. The van der Waals surface area contributed by atoms with Gasteiger partial charge in [0.15, 0.2) is 5.72 Å². The van der Waals surface area contributed by atoms with E-state index < -0.39 is 71.2 Å². The molecule has 2 unspecified atom stereocenters. The van der Waals surface area contributed by atoms with Crippen molar-refractivity contribution in [1.82, 2.24) is 4.90 Å². The van der Waals surface area contributed by atoms with Crippen LogP contribution in [0.2, 0.25) is 0 Å². The van der Waals surface area contributed by atoms with Gasteiger partial charge in [0.25, 0.3) is 6.47 Å². The van der Waals surface area contributed by atoms with E-state index in [0.717, 1.165) is 30.2 Å². The van der Waals surface area contributed by atoms with Gasteiger partial charge in [0.05, 0.1) is 29.8 Å². The summed E-state index contributed by atoms with van der Waals surface area (Å²) in [6.07, 6.45) is -16.5. The monoisotopic (exact) mass is 600 g/mol. The van der Waals surface area contributed by atoms with Crippen molar-refractivity contribution < 1.29 is 58.6 Å². The molecule has 1 amide bonds. The largest absolute Gasteiger partial charge is 0.453 e. The van der Waals surface area contributed by atoms with Crippen LogP contribution < -0.4 is 4.90 Å². The topological polar surface area (TPSA) is 59.1 Å². The van der Waals surface area contributed by atoms with E-state index in [9.17, 15) is 49.1 Å².